The molecule has 2 N–H and O–H groups in total. The van der Waals surface area contributed by atoms with Crippen molar-refractivity contribution in [1.29, 1.82) is 0 Å². The Bertz CT molecular complexity index is 637. The first kappa shape index (κ1) is 17.7. The number of thioether (sulfide) groups is 1. The van der Waals surface area contributed by atoms with Crippen molar-refractivity contribution in [2.24, 2.45) is 0 Å². The summed E-state index contributed by atoms with van der Waals surface area (Å²) in [5, 5.41) is 15.0. The monoisotopic (exact) mass is 350 g/mol. The predicted molar refractivity (Wildman–Crippen MR) is 96.9 cm³/mol. The Morgan fingerprint density at radius 3 is 2.61 bits per heavy atom. The zero-order valence-electron chi connectivity index (χ0n) is 13.8. The molecule has 2 aromatic rings. The van der Waals surface area contributed by atoms with Crippen LogP contribution in [0.3, 0.4) is 0 Å². The van der Waals surface area contributed by atoms with E-state index in [0.717, 1.165) is 9.47 Å². The van der Waals surface area contributed by atoms with E-state index in [1.807, 2.05) is 45.9 Å². The van der Waals surface area contributed by atoms with Gasteiger partial charge in [0.1, 0.15) is 0 Å². The van der Waals surface area contributed by atoms with E-state index in [2.05, 4.69) is 33.0 Å². The fourth-order valence-electron chi connectivity index (χ4n) is 1.78. The fourth-order valence-corrected chi connectivity index (χ4v) is 3.67. The summed E-state index contributed by atoms with van der Waals surface area (Å²) in [7, 11) is 0. The van der Waals surface area contributed by atoms with Crippen molar-refractivity contribution in [3.8, 4) is 0 Å². The molecule has 1 heterocycles. The molecule has 0 aliphatic rings. The fraction of sp³-hybridized carbons (Fsp3) is 0.438. The van der Waals surface area contributed by atoms with Crippen LogP contribution in [0.15, 0.2) is 34.7 Å². The number of nitrogens with one attached hydrogen (secondary N) is 2. The van der Waals surface area contributed by atoms with Crippen LogP contribution in [0.2, 0.25) is 0 Å². The third-order valence-electron chi connectivity index (χ3n) is 2.84. The van der Waals surface area contributed by atoms with Crippen molar-refractivity contribution in [2.45, 2.75) is 49.4 Å². The van der Waals surface area contributed by atoms with Gasteiger partial charge in [-0.2, -0.15) is 0 Å². The normalized spacial score (nSPS) is 12.7. The summed E-state index contributed by atoms with van der Waals surface area (Å²) in [6.07, 6.45) is 0. The lowest BCUT2D eigenvalue weighted by molar-refractivity contribution is -0.121. The number of aromatic nitrogens is 2. The molecule has 124 valence electrons. The van der Waals surface area contributed by atoms with Gasteiger partial charge in [-0.1, -0.05) is 53.4 Å². The molecule has 0 bridgehead atoms. The number of hydrogen-bond donors (Lipinski definition) is 2. The SMILES string of the molecule is CC(Sc1nnc(NCc2ccccc2)s1)C(=O)NC(C)(C)C. The Kier molecular flexibility index (Phi) is 6.01. The van der Waals surface area contributed by atoms with Crippen LogP contribution >= 0.6 is 23.1 Å². The molecule has 2 rings (SSSR count). The van der Waals surface area contributed by atoms with Gasteiger partial charge in [-0.25, -0.2) is 0 Å². The molecule has 0 spiro atoms. The summed E-state index contributed by atoms with van der Waals surface area (Å²) >= 11 is 2.89. The average molecular weight is 351 g/mol. The molecule has 0 fully saturated rings. The van der Waals surface area contributed by atoms with Crippen molar-refractivity contribution >= 4 is 34.1 Å². The van der Waals surface area contributed by atoms with E-state index in [-0.39, 0.29) is 16.7 Å². The van der Waals surface area contributed by atoms with Crippen LogP contribution in [0.1, 0.15) is 33.3 Å². The van der Waals surface area contributed by atoms with Gasteiger partial charge in [0.05, 0.1) is 5.25 Å². The third kappa shape index (κ3) is 6.19. The molecular weight excluding hydrogens is 328 g/mol. The molecule has 1 aromatic heterocycles. The first-order valence-electron chi connectivity index (χ1n) is 7.43. The van der Waals surface area contributed by atoms with E-state index in [0.29, 0.717) is 6.54 Å². The maximum Gasteiger partial charge on any atom is 0.233 e. The van der Waals surface area contributed by atoms with Gasteiger partial charge in [-0.3, -0.25) is 4.79 Å². The molecule has 23 heavy (non-hydrogen) atoms. The summed E-state index contributed by atoms with van der Waals surface area (Å²) in [4.78, 5) is 12.1. The van der Waals surface area contributed by atoms with Crippen molar-refractivity contribution in [1.82, 2.24) is 15.5 Å². The molecule has 0 saturated carbocycles. The predicted octanol–water partition coefficient (Wildman–Crippen LogP) is 3.55. The number of hydrogen-bond acceptors (Lipinski definition) is 6. The number of rotatable bonds is 6. The topological polar surface area (TPSA) is 66.9 Å². The second kappa shape index (κ2) is 7.79. The maximum absolute atomic E-state index is 12.1. The van der Waals surface area contributed by atoms with Crippen LogP contribution < -0.4 is 10.6 Å². The minimum atomic E-state index is -0.227. The number of carbonyl (C=O) groups is 1. The summed E-state index contributed by atoms with van der Waals surface area (Å²) in [6.45, 7) is 8.50. The van der Waals surface area contributed by atoms with Crippen LogP contribution in [0, 0.1) is 0 Å². The van der Waals surface area contributed by atoms with E-state index >= 15 is 0 Å². The zero-order chi connectivity index (χ0) is 16.9. The molecule has 5 nitrogen and oxygen atoms in total. The zero-order valence-corrected chi connectivity index (χ0v) is 15.4. The van der Waals surface area contributed by atoms with E-state index in [9.17, 15) is 4.79 Å². The minimum absolute atomic E-state index is 0.0106. The Hall–Kier alpha value is -1.60. The quantitative estimate of drug-likeness (QED) is 0.780. The molecule has 1 amide bonds. The Morgan fingerprint density at radius 1 is 1.26 bits per heavy atom. The lowest BCUT2D eigenvalue weighted by Gasteiger charge is -2.22. The van der Waals surface area contributed by atoms with Crippen LogP contribution in [0.25, 0.3) is 0 Å². The van der Waals surface area contributed by atoms with Gasteiger partial charge in [0.15, 0.2) is 4.34 Å². The maximum atomic E-state index is 12.1. The minimum Gasteiger partial charge on any atom is -0.356 e. The van der Waals surface area contributed by atoms with Crippen LogP contribution in [0.5, 0.6) is 0 Å². The lowest BCUT2D eigenvalue weighted by atomic mass is 10.1. The van der Waals surface area contributed by atoms with Crippen molar-refractivity contribution in [2.75, 3.05) is 5.32 Å². The summed E-state index contributed by atoms with van der Waals surface area (Å²) < 4.78 is 0.789. The molecule has 0 saturated heterocycles. The van der Waals surface area contributed by atoms with Gasteiger partial charge in [0, 0.05) is 12.1 Å². The number of amides is 1. The van der Waals surface area contributed by atoms with E-state index in [4.69, 9.17) is 0 Å². The Morgan fingerprint density at radius 2 is 1.96 bits per heavy atom. The Labute approximate surface area is 145 Å². The number of benzene rings is 1. The first-order valence-corrected chi connectivity index (χ1v) is 9.13. The van der Waals surface area contributed by atoms with E-state index in [1.54, 1.807) is 0 Å². The number of nitrogens with zero attached hydrogens (tertiary/aromatic N) is 2. The highest BCUT2D eigenvalue weighted by atomic mass is 32.2. The molecular formula is C16H22N4OS2. The van der Waals surface area contributed by atoms with Crippen molar-refractivity contribution < 1.29 is 4.79 Å². The highest BCUT2D eigenvalue weighted by Gasteiger charge is 2.21. The Balaban J connectivity index is 1.85. The molecule has 0 aliphatic heterocycles. The van der Waals surface area contributed by atoms with Gasteiger partial charge in [-0.05, 0) is 33.3 Å². The van der Waals surface area contributed by atoms with Gasteiger partial charge in [-0.15, -0.1) is 10.2 Å². The molecule has 1 aromatic carbocycles. The van der Waals surface area contributed by atoms with Crippen LogP contribution in [-0.4, -0.2) is 26.9 Å². The van der Waals surface area contributed by atoms with E-state index < -0.39 is 0 Å². The van der Waals surface area contributed by atoms with Crippen molar-refractivity contribution in [3.05, 3.63) is 35.9 Å². The summed E-state index contributed by atoms with van der Waals surface area (Å²) in [5.41, 5.74) is 0.963. The highest BCUT2D eigenvalue weighted by Crippen LogP contribution is 2.29. The number of carbonyl (C=O) groups excluding carboxylic acids is 1. The first-order chi connectivity index (χ1) is 10.8. The second-order valence-electron chi connectivity index (χ2n) is 6.21. The molecule has 0 radical (unpaired) electrons. The van der Waals surface area contributed by atoms with Gasteiger partial charge in [0.2, 0.25) is 11.0 Å². The molecule has 1 atom stereocenters. The van der Waals surface area contributed by atoms with Gasteiger partial charge >= 0.3 is 0 Å². The third-order valence-corrected chi connectivity index (χ3v) is 4.90. The van der Waals surface area contributed by atoms with E-state index in [1.165, 1.54) is 28.7 Å². The molecule has 1 unspecified atom stereocenters. The van der Waals surface area contributed by atoms with Gasteiger partial charge < -0.3 is 10.6 Å². The highest BCUT2D eigenvalue weighted by molar-refractivity contribution is 8.02. The van der Waals surface area contributed by atoms with Crippen LogP contribution in [0.4, 0.5) is 5.13 Å². The standard InChI is InChI=1S/C16H22N4OS2/c1-11(13(21)18-16(2,3)4)22-15-20-19-14(23-15)17-10-12-8-6-5-7-9-12/h5-9,11H,10H2,1-4H3,(H,17,19)(H,18,21). The molecule has 7 heteroatoms. The average Bonchev–Trinajstić information content (AvgIpc) is 2.92. The summed E-state index contributed by atoms with van der Waals surface area (Å²) in [5.74, 6) is 0.0106. The van der Waals surface area contributed by atoms with Crippen LogP contribution in [-0.2, 0) is 11.3 Å². The van der Waals surface area contributed by atoms with Crippen molar-refractivity contribution in [3.63, 3.8) is 0 Å². The number of anilines is 1. The molecule has 0 aliphatic carbocycles. The largest absolute Gasteiger partial charge is 0.356 e. The lowest BCUT2D eigenvalue weighted by Crippen LogP contribution is -2.44. The second-order valence-corrected chi connectivity index (χ2v) is 8.78. The smallest absolute Gasteiger partial charge is 0.233 e. The van der Waals surface area contributed by atoms with Gasteiger partial charge in [0.25, 0.3) is 0 Å². The summed E-state index contributed by atoms with van der Waals surface area (Å²) in [6, 6.07) is 10.1.